The number of likely N-dealkylation sites (tertiary alicyclic amines) is 1. The number of nitrogens with two attached hydrogens (primary N) is 1. The van der Waals surface area contributed by atoms with E-state index in [1.165, 1.54) is 12.1 Å². The van der Waals surface area contributed by atoms with E-state index in [0.717, 1.165) is 37.0 Å². The molecule has 1 radical (unpaired) electrons. The Bertz CT molecular complexity index is 561. The number of benzene rings is 1. The number of hydrogen-bond acceptors (Lipinski definition) is 4. The molecule has 0 saturated carbocycles. The second-order valence-electron chi connectivity index (χ2n) is 4.94. The second kappa shape index (κ2) is 5.27. The average molecular weight is 262 g/mol. The smallest absolute Gasteiger partial charge is 0.170 e. The fourth-order valence-corrected chi connectivity index (χ4v) is 2.65. The van der Waals surface area contributed by atoms with Gasteiger partial charge in [-0.25, -0.2) is 4.39 Å². The van der Waals surface area contributed by atoms with Gasteiger partial charge in [-0.2, -0.15) is 0 Å². The van der Waals surface area contributed by atoms with Gasteiger partial charge in [0.05, 0.1) is 5.69 Å². The van der Waals surface area contributed by atoms with Crippen LogP contribution in [-0.2, 0) is 0 Å². The number of fused-ring (bicyclic) bond motifs is 1. The van der Waals surface area contributed by atoms with E-state index in [9.17, 15) is 4.39 Å². The number of hydrogen-bond donors (Lipinski definition) is 1. The third kappa shape index (κ3) is 2.48. The topological polar surface area (TPSA) is 55.3 Å². The predicted molar refractivity (Wildman–Crippen MR) is 70.9 cm³/mol. The molecule has 1 unspecified atom stereocenters. The first-order valence-electron chi connectivity index (χ1n) is 6.60. The Balaban J connectivity index is 1.78. The Morgan fingerprint density at radius 2 is 2.37 bits per heavy atom. The van der Waals surface area contributed by atoms with E-state index in [4.69, 9.17) is 10.3 Å². The number of rotatable bonds is 3. The quantitative estimate of drug-likeness (QED) is 0.922. The molecule has 2 heterocycles. The lowest BCUT2D eigenvalue weighted by atomic mass is 9.91. The van der Waals surface area contributed by atoms with Crippen molar-refractivity contribution in [3.63, 3.8) is 0 Å². The van der Waals surface area contributed by atoms with Gasteiger partial charge in [-0.1, -0.05) is 5.16 Å². The minimum absolute atomic E-state index is 0.292. The maximum absolute atomic E-state index is 13.1. The summed E-state index contributed by atoms with van der Waals surface area (Å²) in [7, 11) is 0. The minimum atomic E-state index is -0.292. The van der Waals surface area contributed by atoms with Gasteiger partial charge in [-0.15, -0.1) is 0 Å². The lowest BCUT2D eigenvalue weighted by Gasteiger charge is -2.30. The lowest BCUT2D eigenvalue weighted by molar-refractivity contribution is 0.265. The molecule has 1 aromatic heterocycles. The third-order valence-corrected chi connectivity index (χ3v) is 3.68. The third-order valence-electron chi connectivity index (χ3n) is 3.68. The van der Waals surface area contributed by atoms with Crippen LogP contribution in [0.2, 0.25) is 0 Å². The Labute approximate surface area is 111 Å². The molecule has 1 aliphatic rings. The monoisotopic (exact) mass is 262 g/mol. The first-order chi connectivity index (χ1) is 9.28. The summed E-state index contributed by atoms with van der Waals surface area (Å²) in [5.41, 5.74) is 7.02. The van der Waals surface area contributed by atoms with E-state index in [1.807, 2.05) is 0 Å². The molecule has 19 heavy (non-hydrogen) atoms. The number of piperidine rings is 1. The summed E-state index contributed by atoms with van der Waals surface area (Å²) >= 11 is 0. The molecule has 101 valence electrons. The van der Waals surface area contributed by atoms with E-state index in [1.54, 1.807) is 6.07 Å². The van der Waals surface area contributed by atoms with Crippen molar-refractivity contribution in [2.24, 2.45) is 5.73 Å². The molecular weight excluding hydrogens is 245 g/mol. The average Bonchev–Trinajstić information content (AvgIpc) is 2.83. The van der Waals surface area contributed by atoms with Crippen LogP contribution in [0.3, 0.4) is 0 Å². The highest BCUT2D eigenvalue weighted by atomic mass is 19.1. The van der Waals surface area contributed by atoms with E-state index in [0.29, 0.717) is 18.0 Å². The van der Waals surface area contributed by atoms with Gasteiger partial charge >= 0.3 is 0 Å². The summed E-state index contributed by atoms with van der Waals surface area (Å²) in [4.78, 5) is 2.25. The highest BCUT2D eigenvalue weighted by Crippen LogP contribution is 2.33. The fourth-order valence-electron chi connectivity index (χ4n) is 2.65. The molecule has 3 rings (SSSR count). The van der Waals surface area contributed by atoms with Gasteiger partial charge in [0, 0.05) is 37.0 Å². The highest BCUT2D eigenvalue weighted by molar-refractivity contribution is 5.79. The highest BCUT2D eigenvalue weighted by Gasteiger charge is 2.24. The van der Waals surface area contributed by atoms with Crippen molar-refractivity contribution in [3.8, 4) is 0 Å². The minimum Gasteiger partial charge on any atom is -0.356 e. The zero-order chi connectivity index (χ0) is 13.2. The van der Waals surface area contributed by atoms with E-state index < -0.39 is 0 Å². The molecular formula is C14H17FN3O. The van der Waals surface area contributed by atoms with Crippen LogP contribution in [-0.4, -0.2) is 29.7 Å². The zero-order valence-electron chi connectivity index (χ0n) is 10.7. The van der Waals surface area contributed by atoms with Crippen molar-refractivity contribution >= 4 is 11.0 Å². The SMILES string of the molecule is NCCN1[CH]CC(c2noc3cc(F)ccc23)CC1. The van der Waals surface area contributed by atoms with Crippen molar-refractivity contribution in [3.05, 3.63) is 36.3 Å². The Morgan fingerprint density at radius 1 is 1.47 bits per heavy atom. The summed E-state index contributed by atoms with van der Waals surface area (Å²) in [6.45, 7) is 4.74. The van der Waals surface area contributed by atoms with Crippen molar-refractivity contribution in [1.29, 1.82) is 0 Å². The molecule has 0 amide bonds. The molecule has 1 fully saturated rings. The maximum Gasteiger partial charge on any atom is 0.170 e. The first kappa shape index (κ1) is 12.6. The molecule has 1 atom stereocenters. The van der Waals surface area contributed by atoms with E-state index in [2.05, 4.69) is 16.6 Å². The molecule has 2 aromatic rings. The maximum atomic E-state index is 13.1. The van der Waals surface area contributed by atoms with Crippen LogP contribution in [0.15, 0.2) is 22.7 Å². The Morgan fingerprint density at radius 3 is 3.11 bits per heavy atom. The van der Waals surface area contributed by atoms with Crippen molar-refractivity contribution in [2.75, 3.05) is 19.6 Å². The Hall–Kier alpha value is -1.46. The number of nitrogens with zero attached hydrogens (tertiary/aromatic N) is 2. The van der Waals surface area contributed by atoms with Gasteiger partial charge in [0.1, 0.15) is 5.82 Å². The van der Waals surface area contributed by atoms with E-state index in [-0.39, 0.29) is 5.82 Å². The standard InChI is InChI=1S/C14H17FN3O/c15-11-1-2-12-13(9-11)19-17-14(12)10-3-6-18(7-4-10)8-5-16/h1-2,6,9-10H,3-5,7-8,16H2. The zero-order valence-corrected chi connectivity index (χ0v) is 10.7. The summed E-state index contributed by atoms with van der Waals surface area (Å²) in [5, 5.41) is 5.05. The van der Waals surface area contributed by atoms with Gasteiger partial charge in [0.2, 0.25) is 0 Å². The van der Waals surface area contributed by atoms with Crippen LogP contribution in [0.5, 0.6) is 0 Å². The number of halogens is 1. The summed E-state index contributed by atoms with van der Waals surface area (Å²) in [6, 6.07) is 4.60. The fraction of sp³-hybridized carbons (Fsp3) is 0.429. The molecule has 1 saturated heterocycles. The van der Waals surface area contributed by atoms with Crippen LogP contribution >= 0.6 is 0 Å². The number of aromatic nitrogens is 1. The molecule has 0 spiro atoms. The second-order valence-corrected chi connectivity index (χ2v) is 4.94. The summed E-state index contributed by atoms with van der Waals surface area (Å²) < 4.78 is 18.3. The van der Waals surface area contributed by atoms with Gasteiger partial charge in [0.15, 0.2) is 5.58 Å². The largest absolute Gasteiger partial charge is 0.356 e. The van der Waals surface area contributed by atoms with Crippen molar-refractivity contribution in [1.82, 2.24) is 10.1 Å². The summed E-state index contributed by atoms with van der Waals surface area (Å²) in [5.74, 6) is 0.0558. The molecule has 4 nitrogen and oxygen atoms in total. The van der Waals surface area contributed by atoms with Crippen LogP contribution in [0.4, 0.5) is 4.39 Å². The van der Waals surface area contributed by atoms with Gasteiger partial charge in [-0.3, -0.25) is 4.90 Å². The Kier molecular flexibility index (Phi) is 3.48. The van der Waals surface area contributed by atoms with Gasteiger partial charge in [-0.05, 0) is 31.5 Å². The van der Waals surface area contributed by atoms with Crippen LogP contribution in [0.1, 0.15) is 24.5 Å². The van der Waals surface area contributed by atoms with Crippen LogP contribution in [0, 0.1) is 12.4 Å². The lowest BCUT2D eigenvalue weighted by Crippen LogP contribution is -2.33. The van der Waals surface area contributed by atoms with Crippen LogP contribution < -0.4 is 5.73 Å². The van der Waals surface area contributed by atoms with Gasteiger partial charge in [0.25, 0.3) is 0 Å². The molecule has 0 aliphatic carbocycles. The van der Waals surface area contributed by atoms with Crippen LogP contribution in [0.25, 0.3) is 11.0 Å². The molecule has 5 heteroatoms. The van der Waals surface area contributed by atoms with E-state index >= 15 is 0 Å². The van der Waals surface area contributed by atoms with Gasteiger partial charge < -0.3 is 10.3 Å². The molecule has 1 aromatic carbocycles. The molecule has 1 aliphatic heterocycles. The first-order valence-corrected chi connectivity index (χ1v) is 6.60. The predicted octanol–water partition coefficient (Wildman–Crippen LogP) is 2.27. The molecule has 0 bridgehead atoms. The molecule has 2 N–H and O–H groups in total. The normalized spacial score (nSPS) is 18.2. The van der Waals surface area contributed by atoms with Crippen molar-refractivity contribution in [2.45, 2.75) is 18.8 Å². The summed E-state index contributed by atoms with van der Waals surface area (Å²) in [6.07, 6.45) is 1.95. The van der Waals surface area contributed by atoms with Crippen molar-refractivity contribution < 1.29 is 8.91 Å².